The van der Waals surface area contributed by atoms with Crippen molar-refractivity contribution in [3.05, 3.63) is 35.9 Å². The topological polar surface area (TPSA) is 42.0 Å². The summed E-state index contributed by atoms with van der Waals surface area (Å²) in [6.45, 7) is 4.32. The lowest BCUT2D eigenvalue weighted by Crippen LogP contribution is -2.46. The van der Waals surface area contributed by atoms with E-state index in [4.69, 9.17) is 9.47 Å². The minimum absolute atomic E-state index is 0.0661. The van der Waals surface area contributed by atoms with Crippen LogP contribution in [0.2, 0.25) is 0 Å². The van der Waals surface area contributed by atoms with Crippen molar-refractivity contribution in [3.63, 3.8) is 0 Å². The van der Waals surface area contributed by atoms with E-state index < -0.39 is 0 Å². The molecule has 0 N–H and O–H groups in total. The molecular formula is C23H34N2O3. The molecule has 3 aliphatic rings. The Morgan fingerprint density at radius 1 is 0.929 bits per heavy atom. The van der Waals surface area contributed by atoms with Crippen LogP contribution in [-0.4, -0.2) is 66.7 Å². The summed E-state index contributed by atoms with van der Waals surface area (Å²) in [5, 5.41) is 0. The molecule has 3 fully saturated rings. The number of rotatable bonds is 5. The van der Waals surface area contributed by atoms with Gasteiger partial charge in [0, 0.05) is 38.4 Å². The highest BCUT2D eigenvalue weighted by atomic mass is 16.5. The molecule has 1 amide bonds. The zero-order chi connectivity index (χ0) is 19.2. The predicted octanol–water partition coefficient (Wildman–Crippen LogP) is 3.23. The first kappa shape index (κ1) is 19.9. The molecular weight excluding hydrogens is 352 g/mol. The lowest BCUT2D eigenvalue weighted by Gasteiger charge is -2.35. The smallest absolute Gasteiger partial charge is 0.237 e. The first-order valence-electron chi connectivity index (χ1n) is 11.1. The molecule has 2 saturated heterocycles. The van der Waals surface area contributed by atoms with Gasteiger partial charge < -0.3 is 14.4 Å². The third-order valence-corrected chi connectivity index (χ3v) is 6.55. The molecule has 1 aromatic carbocycles. The van der Waals surface area contributed by atoms with Crippen molar-refractivity contribution in [3.8, 4) is 0 Å². The van der Waals surface area contributed by atoms with Gasteiger partial charge in [-0.3, -0.25) is 9.69 Å². The van der Waals surface area contributed by atoms with E-state index in [1.54, 1.807) is 0 Å². The largest absolute Gasteiger partial charge is 0.381 e. The second kappa shape index (κ2) is 9.86. The van der Waals surface area contributed by atoms with Gasteiger partial charge in [0.05, 0.1) is 19.3 Å². The lowest BCUT2D eigenvalue weighted by molar-refractivity contribution is -0.135. The highest BCUT2D eigenvalue weighted by molar-refractivity contribution is 5.79. The number of hydrogen-bond donors (Lipinski definition) is 0. The number of carbonyl (C=O) groups is 1. The van der Waals surface area contributed by atoms with Gasteiger partial charge in [0.2, 0.25) is 5.91 Å². The minimum atomic E-state index is 0.0661. The van der Waals surface area contributed by atoms with E-state index in [0.717, 1.165) is 52.0 Å². The van der Waals surface area contributed by atoms with Gasteiger partial charge in [-0.05, 0) is 31.2 Å². The van der Waals surface area contributed by atoms with E-state index in [2.05, 4.69) is 34.1 Å². The molecule has 2 aliphatic heterocycles. The Morgan fingerprint density at radius 2 is 1.68 bits per heavy atom. The third kappa shape index (κ3) is 5.13. The summed E-state index contributed by atoms with van der Waals surface area (Å²) in [4.78, 5) is 17.7. The zero-order valence-corrected chi connectivity index (χ0v) is 16.9. The molecule has 154 valence electrons. The Balaban J connectivity index is 1.46. The molecule has 4 rings (SSSR count). The Hall–Kier alpha value is -1.43. The molecule has 5 heteroatoms. The maximum atomic E-state index is 13.2. The molecule has 1 atom stereocenters. The van der Waals surface area contributed by atoms with Gasteiger partial charge in [-0.1, -0.05) is 49.6 Å². The standard InChI is InChI=1S/C23H34N2O3/c26-23-17-24(20-11-13-27-14-12-20)15-22(28-18-19-7-3-1-4-8-19)16-25(23)21-9-5-2-6-10-21/h1,3-4,7-8,20-22H,2,5-6,9-18H2. The predicted molar refractivity (Wildman–Crippen MR) is 109 cm³/mol. The Labute approximate surface area is 169 Å². The van der Waals surface area contributed by atoms with Gasteiger partial charge in [0.15, 0.2) is 0 Å². The van der Waals surface area contributed by atoms with E-state index in [1.807, 2.05) is 6.07 Å². The van der Waals surface area contributed by atoms with E-state index in [0.29, 0.717) is 31.1 Å². The van der Waals surface area contributed by atoms with Crippen molar-refractivity contribution in [2.45, 2.75) is 69.7 Å². The molecule has 0 spiro atoms. The second-order valence-corrected chi connectivity index (χ2v) is 8.53. The molecule has 1 aliphatic carbocycles. The highest BCUT2D eigenvalue weighted by Gasteiger charge is 2.35. The molecule has 5 nitrogen and oxygen atoms in total. The van der Waals surface area contributed by atoms with E-state index in [-0.39, 0.29) is 6.10 Å². The summed E-state index contributed by atoms with van der Waals surface area (Å²) < 4.78 is 11.9. The van der Waals surface area contributed by atoms with Gasteiger partial charge in [0.1, 0.15) is 0 Å². The van der Waals surface area contributed by atoms with Crippen molar-refractivity contribution in [1.29, 1.82) is 0 Å². The van der Waals surface area contributed by atoms with Gasteiger partial charge in [-0.25, -0.2) is 0 Å². The van der Waals surface area contributed by atoms with Crippen LogP contribution in [-0.2, 0) is 20.9 Å². The molecule has 1 unspecified atom stereocenters. The minimum Gasteiger partial charge on any atom is -0.381 e. The molecule has 0 bridgehead atoms. The number of amides is 1. The lowest BCUT2D eigenvalue weighted by atomic mass is 9.94. The molecule has 0 aromatic heterocycles. The fourth-order valence-electron chi connectivity index (χ4n) is 4.94. The molecule has 0 radical (unpaired) electrons. The summed E-state index contributed by atoms with van der Waals surface area (Å²) in [6, 6.07) is 11.2. The van der Waals surface area contributed by atoms with Crippen molar-refractivity contribution < 1.29 is 14.3 Å². The summed E-state index contributed by atoms with van der Waals surface area (Å²) >= 11 is 0. The average molecular weight is 387 g/mol. The SMILES string of the molecule is O=C1CN(C2CCOCC2)CC(OCc2ccccc2)CN1C1CCCCC1. The first-order valence-corrected chi connectivity index (χ1v) is 11.1. The summed E-state index contributed by atoms with van der Waals surface area (Å²) in [7, 11) is 0. The normalized spacial score (nSPS) is 26.4. The Bertz CT molecular complexity index is 612. The van der Waals surface area contributed by atoms with Crippen molar-refractivity contribution >= 4 is 5.91 Å². The summed E-state index contributed by atoms with van der Waals surface area (Å²) in [5.41, 5.74) is 1.19. The molecule has 28 heavy (non-hydrogen) atoms. The fourth-order valence-corrected chi connectivity index (χ4v) is 4.94. The molecule has 1 saturated carbocycles. The molecule has 2 heterocycles. The number of benzene rings is 1. The van der Waals surface area contributed by atoms with E-state index in [1.165, 1.54) is 24.8 Å². The maximum absolute atomic E-state index is 13.2. The van der Waals surface area contributed by atoms with Gasteiger partial charge >= 0.3 is 0 Å². The number of nitrogens with zero attached hydrogens (tertiary/aromatic N) is 2. The van der Waals surface area contributed by atoms with Crippen LogP contribution >= 0.6 is 0 Å². The number of hydrogen-bond acceptors (Lipinski definition) is 4. The second-order valence-electron chi connectivity index (χ2n) is 8.53. The Morgan fingerprint density at radius 3 is 2.43 bits per heavy atom. The van der Waals surface area contributed by atoms with E-state index in [9.17, 15) is 4.79 Å². The fraction of sp³-hybridized carbons (Fsp3) is 0.696. The Kier molecular flexibility index (Phi) is 7.00. The number of ether oxygens (including phenoxy) is 2. The van der Waals surface area contributed by atoms with Crippen molar-refractivity contribution in [2.24, 2.45) is 0 Å². The van der Waals surface area contributed by atoms with Crippen LogP contribution in [0.25, 0.3) is 0 Å². The van der Waals surface area contributed by atoms with Crippen molar-refractivity contribution in [1.82, 2.24) is 9.80 Å². The van der Waals surface area contributed by atoms with Crippen LogP contribution in [0.3, 0.4) is 0 Å². The first-order chi connectivity index (χ1) is 13.8. The monoisotopic (exact) mass is 386 g/mol. The van der Waals surface area contributed by atoms with Crippen LogP contribution in [0.15, 0.2) is 30.3 Å². The summed E-state index contributed by atoms with van der Waals surface area (Å²) in [5.74, 6) is 0.296. The van der Waals surface area contributed by atoms with Crippen LogP contribution < -0.4 is 0 Å². The van der Waals surface area contributed by atoms with Crippen LogP contribution in [0.4, 0.5) is 0 Å². The molecule has 1 aromatic rings. The maximum Gasteiger partial charge on any atom is 0.237 e. The van der Waals surface area contributed by atoms with Crippen LogP contribution in [0.5, 0.6) is 0 Å². The third-order valence-electron chi connectivity index (χ3n) is 6.55. The van der Waals surface area contributed by atoms with Gasteiger partial charge in [-0.15, -0.1) is 0 Å². The zero-order valence-electron chi connectivity index (χ0n) is 16.9. The van der Waals surface area contributed by atoms with Gasteiger partial charge in [0.25, 0.3) is 0 Å². The highest BCUT2D eigenvalue weighted by Crippen LogP contribution is 2.26. The van der Waals surface area contributed by atoms with Crippen LogP contribution in [0.1, 0.15) is 50.5 Å². The summed E-state index contributed by atoms with van der Waals surface area (Å²) in [6.07, 6.45) is 8.19. The van der Waals surface area contributed by atoms with Gasteiger partial charge in [-0.2, -0.15) is 0 Å². The van der Waals surface area contributed by atoms with Crippen LogP contribution in [0, 0.1) is 0 Å². The van der Waals surface area contributed by atoms with Crippen molar-refractivity contribution in [2.75, 3.05) is 32.8 Å². The number of carbonyl (C=O) groups excluding carboxylic acids is 1. The quantitative estimate of drug-likeness (QED) is 0.779. The average Bonchev–Trinajstić information content (AvgIpc) is 2.93. The van der Waals surface area contributed by atoms with E-state index >= 15 is 0 Å².